The number of likely N-dealkylation sites (tertiary alicyclic amines) is 1. The highest BCUT2D eigenvalue weighted by molar-refractivity contribution is 6.30. The first-order valence-corrected chi connectivity index (χ1v) is 11.2. The summed E-state index contributed by atoms with van der Waals surface area (Å²) >= 11 is 6.14. The highest BCUT2D eigenvalue weighted by Crippen LogP contribution is 2.31. The number of benzene rings is 3. The molecule has 0 bridgehead atoms. The molecule has 0 amide bonds. The van der Waals surface area contributed by atoms with Crippen molar-refractivity contribution in [3.63, 3.8) is 0 Å². The van der Waals surface area contributed by atoms with Crippen LogP contribution in [0.5, 0.6) is 5.75 Å². The van der Waals surface area contributed by atoms with Crippen molar-refractivity contribution in [2.45, 2.75) is 25.2 Å². The maximum Gasteiger partial charge on any atom is 0.170 e. The average Bonchev–Trinajstić information content (AvgIpc) is 3.25. The molecule has 31 heavy (non-hydrogen) atoms. The Morgan fingerprint density at radius 1 is 1.10 bits per heavy atom. The molecule has 0 N–H and O–H groups in total. The summed E-state index contributed by atoms with van der Waals surface area (Å²) in [6.07, 6.45) is 2.01. The lowest BCUT2D eigenvalue weighted by Gasteiger charge is -2.17. The number of ether oxygens (including phenoxy) is 1. The van der Waals surface area contributed by atoms with Crippen LogP contribution in [0.3, 0.4) is 0 Å². The Morgan fingerprint density at radius 3 is 2.87 bits per heavy atom. The molecule has 3 aromatic rings. The molecule has 2 heterocycles. The van der Waals surface area contributed by atoms with Gasteiger partial charge in [0.2, 0.25) is 0 Å². The molecule has 1 fully saturated rings. The highest BCUT2D eigenvalue weighted by atomic mass is 35.5. The van der Waals surface area contributed by atoms with E-state index in [0.717, 1.165) is 41.9 Å². The zero-order chi connectivity index (χ0) is 21.4. The normalized spacial score (nSPS) is 18.7. The van der Waals surface area contributed by atoms with Crippen LogP contribution in [-0.4, -0.2) is 42.7 Å². The van der Waals surface area contributed by atoms with Crippen molar-refractivity contribution in [2.24, 2.45) is 0 Å². The van der Waals surface area contributed by atoms with Gasteiger partial charge in [-0.05, 0) is 65.6 Å². The van der Waals surface area contributed by atoms with Gasteiger partial charge in [-0.2, -0.15) is 0 Å². The van der Waals surface area contributed by atoms with Gasteiger partial charge in [0.15, 0.2) is 11.6 Å². The third-order valence-electron chi connectivity index (χ3n) is 6.40. The van der Waals surface area contributed by atoms with Crippen LogP contribution in [0.4, 0.5) is 0 Å². The fourth-order valence-electron chi connectivity index (χ4n) is 4.65. The first kappa shape index (κ1) is 20.2. The number of rotatable bonds is 5. The molecule has 4 nitrogen and oxygen atoms in total. The van der Waals surface area contributed by atoms with Gasteiger partial charge in [0, 0.05) is 36.5 Å². The minimum absolute atomic E-state index is 0.116. The molecule has 3 aromatic carbocycles. The van der Waals surface area contributed by atoms with E-state index in [0.29, 0.717) is 42.2 Å². The Kier molecular flexibility index (Phi) is 5.51. The maximum absolute atomic E-state index is 12.9. The summed E-state index contributed by atoms with van der Waals surface area (Å²) in [4.78, 5) is 27.3. The van der Waals surface area contributed by atoms with Crippen LogP contribution in [0.1, 0.15) is 51.5 Å². The molecule has 5 rings (SSSR count). The van der Waals surface area contributed by atoms with Gasteiger partial charge in [-0.1, -0.05) is 35.9 Å². The zero-order valence-corrected chi connectivity index (χ0v) is 18.0. The smallest absolute Gasteiger partial charge is 0.170 e. The number of Topliss-reactive ketones (excluding diaryl/α,β-unsaturated/α-hetero) is 2. The van der Waals surface area contributed by atoms with Crippen LogP contribution in [0.2, 0.25) is 5.02 Å². The molecule has 1 atom stereocenters. The average molecular weight is 434 g/mol. The summed E-state index contributed by atoms with van der Waals surface area (Å²) < 4.78 is 5.65. The Bertz CT molecular complexity index is 1170. The number of hydrogen-bond acceptors (Lipinski definition) is 4. The second-order valence-electron chi connectivity index (χ2n) is 8.45. The SMILES string of the molecule is O=C(CCN1CCC(c2cccc(Cl)c2)C1)c1ccc2cc3c(cc2c1)OCCC3=O. The molecule has 5 heteroatoms. The van der Waals surface area contributed by atoms with Crippen molar-refractivity contribution >= 4 is 33.9 Å². The van der Waals surface area contributed by atoms with E-state index in [9.17, 15) is 9.59 Å². The zero-order valence-electron chi connectivity index (χ0n) is 17.3. The van der Waals surface area contributed by atoms with E-state index < -0.39 is 0 Å². The Labute approximate surface area is 186 Å². The third kappa shape index (κ3) is 4.23. The molecule has 1 unspecified atom stereocenters. The van der Waals surface area contributed by atoms with Crippen molar-refractivity contribution in [1.82, 2.24) is 4.90 Å². The van der Waals surface area contributed by atoms with E-state index in [4.69, 9.17) is 16.3 Å². The van der Waals surface area contributed by atoms with Crippen molar-refractivity contribution < 1.29 is 14.3 Å². The van der Waals surface area contributed by atoms with E-state index in [1.165, 1.54) is 5.56 Å². The van der Waals surface area contributed by atoms with Crippen molar-refractivity contribution in [2.75, 3.05) is 26.2 Å². The van der Waals surface area contributed by atoms with Crippen LogP contribution in [0.15, 0.2) is 54.6 Å². The van der Waals surface area contributed by atoms with Crippen LogP contribution >= 0.6 is 11.6 Å². The first-order valence-electron chi connectivity index (χ1n) is 10.8. The minimum Gasteiger partial charge on any atom is -0.492 e. The number of carbonyl (C=O) groups excluding carboxylic acids is 2. The molecule has 0 aliphatic carbocycles. The Morgan fingerprint density at radius 2 is 2.00 bits per heavy atom. The first-order chi connectivity index (χ1) is 15.1. The standard InChI is InChI=1S/C26H24ClNO3/c27-22-3-1-2-17(13-22)20-6-9-28(16-20)10-7-24(29)19-5-4-18-14-23-25(30)8-11-31-26(23)15-21(18)12-19/h1-5,12-15,20H,6-11,16H2. The number of hydrogen-bond donors (Lipinski definition) is 0. The van der Waals surface area contributed by atoms with E-state index in [1.54, 1.807) is 0 Å². The molecule has 1 saturated heterocycles. The largest absolute Gasteiger partial charge is 0.492 e. The Balaban J connectivity index is 1.24. The number of fused-ring (bicyclic) bond motifs is 2. The highest BCUT2D eigenvalue weighted by Gasteiger charge is 2.24. The summed E-state index contributed by atoms with van der Waals surface area (Å²) in [5, 5.41) is 2.66. The fraction of sp³-hybridized carbons (Fsp3) is 0.308. The predicted molar refractivity (Wildman–Crippen MR) is 123 cm³/mol. The lowest BCUT2D eigenvalue weighted by atomic mass is 9.97. The quantitative estimate of drug-likeness (QED) is 0.497. The summed E-state index contributed by atoms with van der Waals surface area (Å²) in [5.74, 6) is 1.36. The summed E-state index contributed by atoms with van der Waals surface area (Å²) in [6, 6.07) is 17.6. The summed E-state index contributed by atoms with van der Waals surface area (Å²) in [7, 11) is 0. The number of ketones is 2. The van der Waals surface area contributed by atoms with Crippen molar-refractivity contribution in [3.05, 3.63) is 76.3 Å². The van der Waals surface area contributed by atoms with Gasteiger partial charge in [0.1, 0.15) is 5.75 Å². The molecular formula is C26H24ClNO3. The van der Waals surface area contributed by atoms with Crippen molar-refractivity contribution in [3.8, 4) is 5.75 Å². The lowest BCUT2D eigenvalue weighted by Crippen LogP contribution is -2.23. The van der Waals surface area contributed by atoms with E-state index in [2.05, 4.69) is 11.0 Å². The predicted octanol–water partition coefficient (Wildman–Crippen LogP) is 5.52. The van der Waals surface area contributed by atoms with Crippen molar-refractivity contribution in [1.29, 1.82) is 0 Å². The molecular weight excluding hydrogens is 410 g/mol. The third-order valence-corrected chi connectivity index (χ3v) is 6.63. The van der Waals surface area contributed by atoms with Gasteiger partial charge >= 0.3 is 0 Å². The molecule has 2 aliphatic rings. The lowest BCUT2D eigenvalue weighted by molar-refractivity contribution is 0.0931. The van der Waals surface area contributed by atoms with Gasteiger partial charge in [-0.3, -0.25) is 9.59 Å². The van der Waals surface area contributed by atoms with Gasteiger partial charge < -0.3 is 9.64 Å². The molecule has 2 aliphatic heterocycles. The summed E-state index contributed by atoms with van der Waals surface area (Å²) in [5.41, 5.74) is 2.63. The van der Waals surface area contributed by atoms with E-state index in [1.807, 2.05) is 48.5 Å². The van der Waals surface area contributed by atoms with Gasteiger partial charge in [0.25, 0.3) is 0 Å². The molecule has 0 spiro atoms. The van der Waals surface area contributed by atoms with Crippen LogP contribution in [-0.2, 0) is 0 Å². The maximum atomic E-state index is 12.9. The van der Waals surface area contributed by atoms with Crippen LogP contribution < -0.4 is 4.74 Å². The topological polar surface area (TPSA) is 46.6 Å². The van der Waals surface area contributed by atoms with Gasteiger partial charge in [-0.25, -0.2) is 0 Å². The molecule has 0 radical (unpaired) electrons. The second-order valence-corrected chi connectivity index (χ2v) is 8.88. The van der Waals surface area contributed by atoms with Crippen LogP contribution in [0, 0.1) is 0 Å². The fourth-order valence-corrected chi connectivity index (χ4v) is 4.85. The van der Waals surface area contributed by atoms with Gasteiger partial charge in [-0.15, -0.1) is 0 Å². The van der Waals surface area contributed by atoms with E-state index >= 15 is 0 Å². The molecule has 158 valence electrons. The monoisotopic (exact) mass is 433 g/mol. The number of halogens is 1. The molecule has 0 saturated carbocycles. The number of nitrogens with zero attached hydrogens (tertiary/aromatic N) is 1. The Hall–Kier alpha value is -2.69. The van der Waals surface area contributed by atoms with Crippen LogP contribution in [0.25, 0.3) is 10.8 Å². The minimum atomic E-state index is 0.116. The van der Waals surface area contributed by atoms with Gasteiger partial charge in [0.05, 0.1) is 12.2 Å². The van der Waals surface area contributed by atoms with E-state index in [-0.39, 0.29) is 11.6 Å². The second kappa shape index (κ2) is 8.45. The number of carbonyl (C=O) groups is 2. The summed E-state index contributed by atoms with van der Waals surface area (Å²) in [6.45, 7) is 3.14. The molecule has 0 aromatic heterocycles.